The maximum Gasteiger partial charge on any atom is 0.213 e. The topological polar surface area (TPSA) is 77.6 Å². The van der Waals surface area contributed by atoms with Gasteiger partial charge in [0.05, 0.1) is 35.4 Å². The van der Waals surface area contributed by atoms with Crippen LogP contribution < -0.4 is 10.5 Å². The number of hydrogen-bond donors (Lipinski definition) is 2. The molecule has 1 aromatic heterocycles. The van der Waals surface area contributed by atoms with Crippen LogP contribution in [-0.2, 0) is 4.74 Å². The highest BCUT2D eigenvalue weighted by Gasteiger charge is 2.23. The molecule has 1 fully saturated rings. The van der Waals surface area contributed by atoms with Crippen molar-refractivity contribution >= 4 is 23.2 Å². The fourth-order valence-corrected chi connectivity index (χ4v) is 3.11. The lowest BCUT2D eigenvalue weighted by Gasteiger charge is -2.22. The summed E-state index contributed by atoms with van der Waals surface area (Å²) in [4.78, 5) is 4.42. The van der Waals surface area contributed by atoms with E-state index in [1.165, 1.54) is 0 Å². The second-order valence-electron chi connectivity index (χ2n) is 6.07. The molecule has 3 atom stereocenters. The molecular formula is C18H20Cl2N2O3. The smallest absolute Gasteiger partial charge is 0.213 e. The van der Waals surface area contributed by atoms with Crippen LogP contribution in [0.25, 0.3) is 0 Å². The van der Waals surface area contributed by atoms with Gasteiger partial charge in [-0.2, -0.15) is 0 Å². The van der Waals surface area contributed by atoms with Crippen LogP contribution in [0.1, 0.15) is 35.4 Å². The summed E-state index contributed by atoms with van der Waals surface area (Å²) in [6, 6.07) is 7.96. The minimum absolute atomic E-state index is 0.0288. The summed E-state index contributed by atoms with van der Waals surface area (Å²) in [5.74, 6) is 0.520. The fraction of sp³-hybridized carbons (Fsp3) is 0.389. The molecule has 3 rings (SSSR count). The molecule has 0 aliphatic carbocycles. The van der Waals surface area contributed by atoms with Gasteiger partial charge in [-0.25, -0.2) is 4.98 Å². The van der Waals surface area contributed by atoms with E-state index in [1.54, 1.807) is 30.3 Å². The van der Waals surface area contributed by atoms with Crippen molar-refractivity contribution in [3.63, 3.8) is 0 Å². The van der Waals surface area contributed by atoms with Crippen molar-refractivity contribution in [2.75, 3.05) is 13.2 Å². The van der Waals surface area contributed by atoms with Crippen molar-refractivity contribution in [2.24, 2.45) is 5.73 Å². The number of benzene rings is 1. The van der Waals surface area contributed by atoms with Crippen molar-refractivity contribution in [1.82, 2.24) is 4.98 Å². The van der Waals surface area contributed by atoms with Crippen LogP contribution >= 0.6 is 23.2 Å². The van der Waals surface area contributed by atoms with E-state index in [9.17, 15) is 5.11 Å². The number of hydrogen-bond acceptors (Lipinski definition) is 5. The fourth-order valence-electron chi connectivity index (χ4n) is 2.80. The number of ether oxygens (including phenoxy) is 2. The van der Waals surface area contributed by atoms with Crippen molar-refractivity contribution in [2.45, 2.75) is 31.6 Å². The van der Waals surface area contributed by atoms with Gasteiger partial charge in [0, 0.05) is 23.7 Å². The molecule has 0 spiro atoms. The van der Waals surface area contributed by atoms with Gasteiger partial charge in [0.25, 0.3) is 0 Å². The Morgan fingerprint density at radius 1 is 1.28 bits per heavy atom. The lowest BCUT2D eigenvalue weighted by atomic mass is 9.96. The number of aryl methyl sites for hydroxylation is 1. The van der Waals surface area contributed by atoms with Gasteiger partial charge in [-0.05, 0) is 30.7 Å². The summed E-state index contributed by atoms with van der Waals surface area (Å²) >= 11 is 12.0. The first kappa shape index (κ1) is 18.4. The molecule has 0 saturated carbocycles. The highest BCUT2D eigenvalue weighted by molar-refractivity contribution is 6.42. The van der Waals surface area contributed by atoms with E-state index in [0.717, 1.165) is 6.42 Å². The Morgan fingerprint density at radius 3 is 2.72 bits per heavy atom. The molecule has 0 bridgehead atoms. The van der Waals surface area contributed by atoms with E-state index >= 15 is 0 Å². The maximum atomic E-state index is 10.7. The normalized spacial score (nSPS) is 19.6. The van der Waals surface area contributed by atoms with Crippen LogP contribution in [0.3, 0.4) is 0 Å². The molecular weight excluding hydrogens is 363 g/mol. The number of aliphatic hydroxyl groups is 1. The number of nitrogens with zero attached hydrogens (tertiary/aromatic N) is 1. The third-order valence-corrected chi connectivity index (χ3v) is 5.00. The molecule has 1 aliphatic rings. The van der Waals surface area contributed by atoms with Gasteiger partial charge in [-0.15, -0.1) is 0 Å². The van der Waals surface area contributed by atoms with Gasteiger partial charge in [-0.3, -0.25) is 0 Å². The van der Waals surface area contributed by atoms with Gasteiger partial charge in [-0.1, -0.05) is 29.3 Å². The van der Waals surface area contributed by atoms with Crippen LogP contribution in [0.15, 0.2) is 30.3 Å². The molecule has 0 amide bonds. The van der Waals surface area contributed by atoms with E-state index in [-0.39, 0.29) is 6.10 Å². The molecule has 1 aliphatic heterocycles. The summed E-state index contributed by atoms with van der Waals surface area (Å²) in [6.07, 6.45) is -0.0393. The van der Waals surface area contributed by atoms with Crippen LogP contribution in [0.5, 0.6) is 5.88 Å². The second kappa shape index (κ2) is 7.89. The van der Waals surface area contributed by atoms with Gasteiger partial charge in [0.15, 0.2) is 0 Å². The van der Waals surface area contributed by atoms with Crippen molar-refractivity contribution in [3.8, 4) is 5.88 Å². The van der Waals surface area contributed by atoms with Gasteiger partial charge in [0.2, 0.25) is 5.88 Å². The minimum atomic E-state index is -0.923. The van der Waals surface area contributed by atoms with Crippen LogP contribution in [-0.4, -0.2) is 29.4 Å². The molecule has 1 unspecified atom stereocenters. The maximum absolute atomic E-state index is 10.7. The van der Waals surface area contributed by atoms with Gasteiger partial charge in [0.1, 0.15) is 6.10 Å². The van der Waals surface area contributed by atoms with E-state index in [2.05, 4.69) is 4.98 Å². The second-order valence-corrected chi connectivity index (χ2v) is 6.89. The van der Waals surface area contributed by atoms with E-state index in [4.69, 9.17) is 38.4 Å². The number of halogens is 2. The zero-order valence-electron chi connectivity index (χ0n) is 13.8. The quantitative estimate of drug-likeness (QED) is 0.825. The molecule has 25 heavy (non-hydrogen) atoms. The highest BCUT2D eigenvalue weighted by Crippen LogP contribution is 2.32. The first-order chi connectivity index (χ1) is 12.0. The first-order valence-electron chi connectivity index (χ1n) is 8.06. The van der Waals surface area contributed by atoms with Crippen LogP contribution in [0.2, 0.25) is 10.0 Å². The zero-order chi connectivity index (χ0) is 18.0. The summed E-state index contributed by atoms with van der Waals surface area (Å²) in [7, 11) is 0. The SMILES string of the molecule is Cc1nc(OC2CCOC2)ccc1[C@H](O)[C@H](N)c1ccc(Cl)c(Cl)c1. The number of aromatic nitrogens is 1. The predicted octanol–water partition coefficient (Wildman–Crippen LogP) is 3.60. The van der Waals surface area contributed by atoms with Gasteiger partial charge < -0.3 is 20.3 Å². The lowest BCUT2D eigenvalue weighted by Crippen LogP contribution is -2.21. The minimum Gasteiger partial charge on any atom is -0.472 e. The first-order valence-corrected chi connectivity index (χ1v) is 8.82. The average Bonchev–Trinajstić information content (AvgIpc) is 3.09. The number of pyridine rings is 1. The Morgan fingerprint density at radius 2 is 2.08 bits per heavy atom. The molecule has 1 aromatic carbocycles. The Hall–Kier alpha value is -1.37. The molecule has 3 N–H and O–H groups in total. The molecule has 7 heteroatoms. The lowest BCUT2D eigenvalue weighted by molar-refractivity contribution is 0.136. The summed E-state index contributed by atoms with van der Waals surface area (Å²) in [5, 5.41) is 11.5. The predicted molar refractivity (Wildman–Crippen MR) is 97.2 cm³/mol. The monoisotopic (exact) mass is 382 g/mol. The number of aliphatic hydroxyl groups excluding tert-OH is 1. The molecule has 5 nitrogen and oxygen atoms in total. The van der Waals surface area contributed by atoms with E-state index in [0.29, 0.717) is 46.0 Å². The summed E-state index contributed by atoms with van der Waals surface area (Å²) in [5.41, 5.74) is 8.21. The highest BCUT2D eigenvalue weighted by atomic mass is 35.5. The summed E-state index contributed by atoms with van der Waals surface area (Å²) < 4.78 is 11.1. The Kier molecular flexibility index (Phi) is 5.81. The zero-order valence-corrected chi connectivity index (χ0v) is 15.3. The molecule has 0 radical (unpaired) electrons. The Labute approximate surface area is 156 Å². The Bertz CT molecular complexity index is 751. The van der Waals surface area contributed by atoms with Crippen molar-refractivity contribution < 1.29 is 14.6 Å². The Balaban J connectivity index is 1.76. The molecule has 2 heterocycles. The van der Waals surface area contributed by atoms with Gasteiger partial charge >= 0.3 is 0 Å². The number of nitrogens with two attached hydrogens (primary N) is 1. The van der Waals surface area contributed by atoms with Crippen LogP contribution in [0, 0.1) is 6.92 Å². The number of rotatable bonds is 5. The van der Waals surface area contributed by atoms with Crippen LogP contribution in [0.4, 0.5) is 0 Å². The average molecular weight is 383 g/mol. The van der Waals surface area contributed by atoms with Crippen molar-refractivity contribution in [1.29, 1.82) is 0 Å². The molecule has 1 saturated heterocycles. The van der Waals surface area contributed by atoms with Crippen molar-refractivity contribution in [3.05, 3.63) is 57.2 Å². The largest absolute Gasteiger partial charge is 0.472 e. The van der Waals surface area contributed by atoms with E-state index < -0.39 is 12.1 Å². The molecule has 2 aromatic rings. The van der Waals surface area contributed by atoms with E-state index in [1.807, 2.05) is 6.92 Å². The third-order valence-electron chi connectivity index (χ3n) is 4.26. The standard InChI is InChI=1S/C18H20Cl2N2O3/c1-10-13(3-5-16(22-10)25-12-6-7-24-9-12)18(23)17(21)11-2-4-14(19)15(20)8-11/h2-5,8,12,17-18,23H,6-7,9,21H2,1H3/t12?,17-,18+/m1/s1. The molecule has 134 valence electrons. The summed E-state index contributed by atoms with van der Waals surface area (Å²) in [6.45, 7) is 3.10. The third kappa shape index (κ3) is 4.25.